The van der Waals surface area contributed by atoms with Gasteiger partial charge in [0.1, 0.15) is 12.0 Å². The van der Waals surface area contributed by atoms with E-state index >= 15 is 0 Å². The molecule has 0 aromatic carbocycles. The van der Waals surface area contributed by atoms with Crippen molar-refractivity contribution in [2.24, 2.45) is 5.92 Å². The molecule has 0 atom stereocenters. The average molecular weight is 346 g/mol. The number of hydrogen-bond acceptors (Lipinski definition) is 5. The molecule has 0 unspecified atom stereocenters. The van der Waals surface area contributed by atoms with Gasteiger partial charge < -0.3 is 10.2 Å². The number of hydrogen-bond donors (Lipinski definition) is 1. The largest absolute Gasteiger partial charge is 0.356 e. The lowest BCUT2D eigenvalue weighted by atomic mass is 9.88. The molecule has 7 nitrogen and oxygen atoms in total. The topological polar surface area (TPSA) is 88.4 Å². The van der Waals surface area contributed by atoms with E-state index in [1.54, 1.807) is 13.0 Å². The summed E-state index contributed by atoms with van der Waals surface area (Å²) in [7, 11) is 0. The number of pyridine rings is 1. The number of carbonyl (C=O) groups is 1. The van der Waals surface area contributed by atoms with Crippen LogP contribution < -0.4 is 10.2 Å². The van der Waals surface area contributed by atoms with E-state index in [9.17, 15) is 14.9 Å². The van der Waals surface area contributed by atoms with Gasteiger partial charge in [-0.15, -0.1) is 0 Å². The van der Waals surface area contributed by atoms with E-state index in [-0.39, 0.29) is 23.6 Å². The summed E-state index contributed by atoms with van der Waals surface area (Å²) in [5.41, 5.74) is 0.682. The van der Waals surface area contributed by atoms with Crippen molar-refractivity contribution in [3.63, 3.8) is 0 Å². The molecule has 1 aromatic heterocycles. The van der Waals surface area contributed by atoms with Crippen LogP contribution in [0.2, 0.25) is 0 Å². The molecule has 1 N–H and O–H groups in total. The Labute approximate surface area is 148 Å². The second-order valence-corrected chi connectivity index (χ2v) is 7.19. The van der Waals surface area contributed by atoms with E-state index in [0.29, 0.717) is 5.56 Å². The number of nitrogens with zero attached hydrogens (tertiary/aromatic N) is 3. The first-order valence-electron chi connectivity index (χ1n) is 9.21. The molecule has 7 heteroatoms. The summed E-state index contributed by atoms with van der Waals surface area (Å²) >= 11 is 0. The lowest BCUT2D eigenvalue weighted by molar-refractivity contribution is -0.385. The third-order valence-corrected chi connectivity index (χ3v) is 5.41. The van der Waals surface area contributed by atoms with E-state index in [2.05, 4.69) is 15.2 Å². The fourth-order valence-corrected chi connectivity index (χ4v) is 3.83. The Kier molecular flexibility index (Phi) is 5.50. The fraction of sp³-hybridized carbons (Fsp3) is 0.667. The molecule has 3 rings (SSSR count). The van der Waals surface area contributed by atoms with E-state index in [0.717, 1.165) is 44.6 Å². The van der Waals surface area contributed by atoms with Gasteiger partial charge in [0.05, 0.1) is 4.92 Å². The Morgan fingerprint density at radius 1 is 1.24 bits per heavy atom. The molecule has 2 heterocycles. The molecule has 1 amide bonds. The third-order valence-electron chi connectivity index (χ3n) is 5.41. The highest BCUT2D eigenvalue weighted by molar-refractivity contribution is 5.79. The molecule has 2 aliphatic rings. The highest BCUT2D eigenvalue weighted by atomic mass is 16.6. The first kappa shape index (κ1) is 17.6. The molecule has 1 aliphatic heterocycles. The molecule has 0 radical (unpaired) electrons. The lowest BCUT2D eigenvalue weighted by Crippen LogP contribution is -2.46. The second kappa shape index (κ2) is 7.80. The van der Waals surface area contributed by atoms with Gasteiger partial charge in [-0.3, -0.25) is 14.9 Å². The third kappa shape index (κ3) is 4.27. The molecule has 1 saturated heterocycles. The predicted molar refractivity (Wildman–Crippen MR) is 95.6 cm³/mol. The summed E-state index contributed by atoms with van der Waals surface area (Å²) in [6.45, 7) is 3.35. The zero-order valence-electron chi connectivity index (χ0n) is 14.7. The monoisotopic (exact) mass is 346 g/mol. The summed E-state index contributed by atoms with van der Waals surface area (Å²) < 4.78 is 0. The number of rotatable bonds is 4. The first-order valence-corrected chi connectivity index (χ1v) is 9.21. The van der Waals surface area contributed by atoms with Gasteiger partial charge in [-0.05, 0) is 38.7 Å². The Hall–Kier alpha value is -2.18. The SMILES string of the molecule is Cc1cc(N2CCC(NC(=O)C3CCCCC3)CC2)ncc1[N+](=O)[O-]. The van der Waals surface area contributed by atoms with Crippen LogP contribution in [0.25, 0.3) is 0 Å². The van der Waals surface area contributed by atoms with Crippen molar-refractivity contribution in [3.05, 3.63) is 27.9 Å². The molecule has 0 spiro atoms. The van der Waals surface area contributed by atoms with Gasteiger partial charge in [0.25, 0.3) is 5.69 Å². The van der Waals surface area contributed by atoms with Crippen LogP contribution in [0.1, 0.15) is 50.5 Å². The van der Waals surface area contributed by atoms with Crippen molar-refractivity contribution in [3.8, 4) is 0 Å². The number of piperidine rings is 1. The number of anilines is 1. The Morgan fingerprint density at radius 2 is 1.92 bits per heavy atom. The molecule has 1 aliphatic carbocycles. The maximum atomic E-state index is 12.4. The Bertz CT molecular complexity index is 635. The quantitative estimate of drug-likeness (QED) is 0.669. The van der Waals surface area contributed by atoms with Gasteiger partial charge in [0.2, 0.25) is 5.91 Å². The van der Waals surface area contributed by atoms with Crippen LogP contribution in [0.4, 0.5) is 11.5 Å². The molecule has 25 heavy (non-hydrogen) atoms. The molecule has 136 valence electrons. The maximum Gasteiger partial charge on any atom is 0.290 e. The first-order chi connectivity index (χ1) is 12.0. The van der Waals surface area contributed by atoms with Crippen LogP contribution in [-0.2, 0) is 4.79 Å². The second-order valence-electron chi connectivity index (χ2n) is 7.19. The minimum Gasteiger partial charge on any atom is -0.356 e. The standard InChI is InChI=1S/C18H26N4O3/c1-13-11-17(19-12-16(13)22(24)25)21-9-7-15(8-10-21)20-18(23)14-5-3-2-4-6-14/h11-12,14-15H,2-10H2,1H3,(H,20,23). The van der Waals surface area contributed by atoms with Gasteiger partial charge in [-0.25, -0.2) is 4.98 Å². The number of carbonyl (C=O) groups excluding carboxylic acids is 1. The van der Waals surface area contributed by atoms with Crippen molar-refractivity contribution >= 4 is 17.4 Å². The number of amides is 1. The van der Waals surface area contributed by atoms with Gasteiger partial charge in [0, 0.05) is 30.6 Å². The Balaban J connectivity index is 1.52. The van der Waals surface area contributed by atoms with E-state index < -0.39 is 4.92 Å². The minimum atomic E-state index is -0.404. The van der Waals surface area contributed by atoms with Crippen molar-refractivity contribution in [1.29, 1.82) is 0 Å². The normalized spacial score (nSPS) is 19.6. The Morgan fingerprint density at radius 3 is 2.52 bits per heavy atom. The highest BCUT2D eigenvalue weighted by Crippen LogP contribution is 2.26. The van der Waals surface area contributed by atoms with Crippen LogP contribution in [0, 0.1) is 23.0 Å². The van der Waals surface area contributed by atoms with E-state index in [1.165, 1.54) is 25.5 Å². The average Bonchev–Trinajstić information content (AvgIpc) is 2.62. The van der Waals surface area contributed by atoms with Gasteiger partial charge in [-0.2, -0.15) is 0 Å². The molecular weight excluding hydrogens is 320 g/mol. The fourth-order valence-electron chi connectivity index (χ4n) is 3.83. The van der Waals surface area contributed by atoms with Crippen LogP contribution in [0.15, 0.2) is 12.3 Å². The van der Waals surface area contributed by atoms with Crippen LogP contribution in [0.3, 0.4) is 0 Å². The van der Waals surface area contributed by atoms with Gasteiger partial charge >= 0.3 is 0 Å². The van der Waals surface area contributed by atoms with E-state index in [1.807, 2.05) is 0 Å². The summed E-state index contributed by atoms with van der Waals surface area (Å²) in [4.78, 5) is 29.2. The minimum absolute atomic E-state index is 0.0541. The summed E-state index contributed by atoms with van der Waals surface area (Å²) in [6.07, 6.45) is 8.74. The van der Waals surface area contributed by atoms with Crippen molar-refractivity contribution < 1.29 is 9.72 Å². The van der Waals surface area contributed by atoms with Crippen molar-refractivity contribution in [1.82, 2.24) is 10.3 Å². The van der Waals surface area contributed by atoms with Crippen molar-refractivity contribution in [2.45, 2.75) is 57.9 Å². The van der Waals surface area contributed by atoms with Crippen LogP contribution >= 0.6 is 0 Å². The highest BCUT2D eigenvalue weighted by Gasteiger charge is 2.26. The molecular formula is C18H26N4O3. The zero-order chi connectivity index (χ0) is 17.8. The van der Waals surface area contributed by atoms with E-state index in [4.69, 9.17) is 0 Å². The number of nitrogens with one attached hydrogen (secondary N) is 1. The number of aryl methyl sites for hydroxylation is 1. The maximum absolute atomic E-state index is 12.4. The lowest BCUT2D eigenvalue weighted by Gasteiger charge is -2.34. The summed E-state index contributed by atoms with van der Waals surface area (Å²) in [5, 5.41) is 14.1. The zero-order valence-corrected chi connectivity index (χ0v) is 14.7. The van der Waals surface area contributed by atoms with Crippen LogP contribution in [-0.4, -0.2) is 34.9 Å². The number of nitro groups is 1. The van der Waals surface area contributed by atoms with Crippen LogP contribution in [0.5, 0.6) is 0 Å². The molecule has 0 bridgehead atoms. The predicted octanol–water partition coefficient (Wildman–Crippen LogP) is 2.96. The molecule has 2 fully saturated rings. The van der Waals surface area contributed by atoms with Gasteiger partial charge in [-0.1, -0.05) is 19.3 Å². The van der Waals surface area contributed by atoms with Gasteiger partial charge in [0.15, 0.2) is 0 Å². The summed E-state index contributed by atoms with van der Waals surface area (Å²) in [5.74, 6) is 1.20. The summed E-state index contributed by atoms with van der Waals surface area (Å²) in [6, 6.07) is 2.00. The molecule has 1 aromatic rings. The van der Waals surface area contributed by atoms with Crippen molar-refractivity contribution in [2.75, 3.05) is 18.0 Å². The number of aromatic nitrogens is 1. The molecule has 1 saturated carbocycles. The smallest absolute Gasteiger partial charge is 0.290 e.